The molecule has 0 radical (unpaired) electrons. The molecule has 1 aliphatic rings. The number of hydrogen-bond acceptors (Lipinski definition) is 8. The van der Waals surface area contributed by atoms with E-state index in [1.807, 2.05) is 30.3 Å². The Morgan fingerprint density at radius 1 is 0.905 bits per heavy atom. The highest BCUT2D eigenvalue weighted by molar-refractivity contribution is 6.31. The number of aliphatic hydroxyl groups excluding tert-OH is 1. The van der Waals surface area contributed by atoms with Crippen LogP contribution in [-0.4, -0.2) is 78.5 Å². The van der Waals surface area contributed by atoms with Crippen LogP contribution < -0.4 is 15.1 Å². The highest BCUT2D eigenvalue weighted by atomic mass is 35.5. The van der Waals surface area contributed by atoms with E-state index in [-0.39, 0.29) is 18.5 Å². The number of nitrogens with one attached hydrogen (secondary N) is 1. The molecule has 0 aliphatic carbocycles. The molecule has 1 heterocycles. The van der Waals surface area contributed by atoms with Crippen molar-refractivity contribution in [3.05, 3.63) is 77.4 Å². The number of rotatable bonds is 14. The number of hydrogen-bond donors (Lipinski definition) is 4. The number of carboxylic acid groups (broad SMARTS) is 2. The lowest BCUT2D eigenvalue weighted by atomic mass is 10.1. The molecular formula is C30H36ClN3O8. The number of nitrogens with zero attached hydrogens (tertiary/aromatic N) is 2. The van der Waals surface area contributed by atoms with E-state index in [1.54, 1.807) is 30.0 Å². The molecule has 226 valence electrons. The van der Waals surface area contributed by atoms with Gasteiger partial charge in [-0.15, -0.1) is 0 Å². The van der Waals surface area contributed by atoms with Crippen LogP contribution in [0.4, 0.5) is 17.1 Å². The van der Waals surface area contributed by atoms with Crippen LogP contribution in [0.25, 0.3) is 0 Å². The molecule has 3 rings (SSSR count). The van der Waals surface area contributed by atoms with Crippen LogP contribution in [0.5, 0.6) is 0 Å². The number of fused-ring (bicyclic) bond motifs is 2. The minimum atomic E-state index is -1.26. The second kappa shape index (κ2) is 18.3. The number of anilines is 3. The SMILES string of the molecule is CCOC(=O)/C=C/CNCCCCN1c2cc(Cl)ccc2C(=O)N(CCCO)c2ccccc21.O=C(O)/C=C\C(=O)O. The molecule has 0 fully saturated rings. The third kappa shape index (κ3) is 11.0. The van der Waals surface area contributed by atoms with Crippen LogP contribution in [0.2, 0.25) is 5.02 Å². The molecule has 0 atom stereocenters. The zero-order chi connectivity index (χ0) is 30.9. The Bertz CT molecular complexity index is 1260. The van der Waals surface area contributed by atoms with Crippen LogP contribution >= 0.6 is 11.6 Å². The van der Waals surface area contributed by atoms with E-state index in [4.69, 9.17) is 26.6 Å². The van der Waals surface area contributed by atoms with Gasteiger partial charge in [0.1, 0.15) is 0 Å². The molecule has 1 amide bonds. The highest BCUT2D eigenvalue weighted by Crippen LogP contribution is 2.41. The molecule has 0 aromatic heterocycles. The number of carbonyl (C=O) groups is 4. The summed E-state index contributed by atoms with van der Waals surface area (Å²) >= 11 is 6.33. The average molecular weight is 602 g/mol. The summed E-state index contributed by atoms with van der Waals surface area (Å²) in [6.45, 7) is 4.71. The largest absolute Gasteiger partial charge is 0.478 e. The smallest absolute Gasteiger partial charge is 0.330 e. The van der Waals surface area contributed by atoms with E-state index in [0.29, 0.717) is 55.4 Å². The molecule has 42 heavy (non-hydrogen) atoms. The first-order valence-electron chi connectivity index (χ1n) is 13.5. The van der Waals surface area contributed by atoms with Crippen molar-refractivity contribution in [2.75, 3.05) is 49.2 Å². The van der Waals surface area contributed by atoms with Crippen molar-refractivity contribution < 1.29 is 39.2 Å². The number of ether oxygens (including phenoxy) is 1. The first-order valence-corrected chi connectivity index (χ1v) is 13.8. The topological polar surface area (TPSA) is 157 Å². The van der Waals surface area contributed by atoms with Crippen molar-refractivity contribution >= 4 is 52.5 Å². The Labute approximate surface area is 249 Å². The molecular weight excluding hydrogens is 566 g/mol. The molecule has 0 saturated carbocycles. The van der Waals surface area contributed by atoms with Crippen molar-refractivity contribution in [3.8, 4) is 0 Å². The van der Waals surface area contributed by atoms with Gasteiger partial charge in [-0.05, 0) is 63.1 Å². The second-order valence-corrected chi connectivity index (χ2v) is 9.35. The van der Waals surface area contributed by atoms with Gasteiger partial charge in [-0.1, -0.05) is 29.8 Å². The van der Waals surface area contributed by atoms with E-state index in [2.05, 4.69) is 10.2 Å². The number of aliphatic hydroxyl groups is 1. The Morgan fingerprint density at radius 2 is 1.55 bits per heavy atom. The Morgan fingerprint density at radius 3 is 2.17 bits per heavy atom. The predicted octanol–water partition coefficient (Wildman–Crippen LogP) is 4.02. The van der Waals surface area contributed by atoms with Crippen molar-refractivity contribution in [2.45, 2.75) is 26.2 Å². The van der Waals surface area contributed by atoms with Gasteiger partial charge >= 0.3 is 17.9 Å². The molecule has 0 unspecified atom stereocenters. The number of amides is 1. The van der Waals surface area contributed by atoms with Gasteiger partial charge in [-0.2, -0.15) is 0 Å². The number of aliphatic carboxylic acids is 2. The van der Waals surface area contributed by atoms with Gasteiger partial charge in [-0.25, -0.2) is 14.4 Å². The first-order chi connectivity index (χ1) is 20.2. The number of esters is 1. The maximum absolute atomic E-state index is 13.5. The number of benzene rings is 2. The quantitative estimate of drug-likeness (QED) is 0.142. The summed E-state index contributed by atoms with van der Waals surface area (Å²) in [6.07, 6.45) is 6.62. The monoisotopic (exact) mass is 601 g/mol. The third-order valence-corrected chi connectivity index (χ3v) is 6.12. The lowest BCUT2D eigenvalue weighted by molar-refractivity contribution is -0.137. The molecule has 11 nitrogen and oxygen atoms in total. The molecule has 2 aromatic rings. The fourth-order valence-electron chi connectivity index (χ4n) is 4.10. The molecule has 1 aliphatic heterocycles. The van der Waals surface area contributed by atoms with E-state index in [9.17, 15) is 24.3 Å². The number of carboxylic acids is 2. The van der Waals surface area contributed by atoms with Crippen LogP contribution in [0, 0.1) is 0 Å². The molecule has 4 N–H and O–H groups in total. The molecule has 0 spiro atoms. The fourth-order valence-corrected chi connectivity index (χ4v) is 4.27. The van der Waals surface area contributed by atoms with Crippen molar-refractivity contribution in [1.29, 1.82) is 0 Å². The second-order valence-electron chi connectivity index (χ2n) is 8.91. The summed E-state index contributed by atoms with van der Waals surface area (Å²) < 4.78 is 4.86. The van der Waals surface area contributed by atoms with Crippen LogP contribution in [0.1, 0.15) is 36.5 Å². The molecule has 12 heteroatoms. The van der Waals surface area contributed by atoms with Gasteiger partial charge in [0.2, 0.25) is 0 Å². The number of para-hydroxylation sites is 2. The molecule has 2 aromatic carbocycles. The van der Waals surface area contributed by atoms with Gasteiger partial charge in [0.05, 0.1) is 29.2 Å². The highest BCUT2D eigenvalue weighted by Gasteiger charge is 2.30. The van der Waals surface area contributed by atoms with E-state index in [1.165, 1.54) is 6.08 Å². The van der Waals surface area contributed by atoms with Crippen molar-refractivity contribution in [3.63, 3.8) is 0 Å². The maximum Gasteiger partial charge on any atom is 0.330 e. The lowest BCUT2D eigenvalue weighted by Crippen LogP contribution is -2.31. The molecule has 0 saturated heterocycles. The lowest BCUT2D eigenvalue weighted by Gasteiger charge is -2.27. The van der Waals surface area contributed by atoms with Gasteiger partial charge in [0.15, 0.2) is 0 Å². The Balaban J connectivity index is 0.000000675. The van der Waals surface area contributed by atoms with E-state index < -0.39 is 11.9 Å². The minimum absolute atomic E-state index is 0.0190. The summed E-state index contributed by atoms with van der Waals surface area (Å²) in [7, 11) is 0. The molecule has 0 bridgehead atoms. The summed E-state index contributed by atoms with van der Waals surface area (Å²) in [6, 6.07) is 13.2. The minimum Gasteiger partial charge on any atom is -0.478 e. The zero-order valence-corrected chi connectivity index (χ0v) is 24.1. The average Bonchev–Trinajstić information content (AvgIpc) is 3.05. The first kappa shape index (κ1) is 34.0. The summed E-state index contributed by atoms with van der Waals surface area (Å²) in [5.74, 6) is -2.94. The maximum atomic E-state index is 13.5. The number of unbranched alkanes of at least 4 members (excludes halogenated alkanes) is 1. The summed E-state index contributed by atoms with van der Waals surface area (Å²) in [5, 5.41) is 28.9. The fraction of sp³-hybridized carbons (Fsp3) is 0.333. The van der Waals surface area contributed by atoms with Crippen molar-refractivity contribution in [1.82, 2.24) is 5.32 Å². The zero-order valence-electron chi connectivity index (χ0n) is 23.4. The van der Waals surface area contributed by atoms with E-state index in [0.717, 1.165) is 36.4 Å². The van der Waals surface area contributed by atoms with Crippen molar-refractivity contribution in [2.24, 2.45) is 0 Å². The van der Waals surface area contributed by atoms with Gasteiger partial charge in [-0.3, -0.25) is 4.79 Å². The van der Waals surface area contributed by atoms with Crippen LogP contribution in [0.3, 0.4) is 0 Å². The van der Waals surface area contributed by atoms with Gasteiger partial charge < -0.3 is 35.2 Å². The number of halogens is 1. The summed E-state index contributed by atoms with van der Waals surface area (Å²) in [5.41, 5.74) is 3.16. The van der Waals surface area contributed by atoms with Crippen LogP contribution in [0.15, 0.2) is 66.8 Å². The predicted molar refractivity (Wildman–Crippen MR) is 161 cm³/mol. The third-order valence-electron chi connectivity index (χ3n) is 5.89. The number of carbonyl (C=O) groups excluding carboxylic acids is 2. The van der Waals surface area contributed by atoms with E-state index >= 15 is 0 Å². The summed E-state index contributed by atoms with van der Waals surface area (Å²) in [4.78, 5) is 47.8. The van der Waals surface area contributed by atoms with Crippen LogP contribution in [-0.2, 0) is 19.1 Å². The normalized spacial score (nSPS) is 12.4. The standard InChI is InChI=1S/C26H32ClN3O4.C4H4O4/c1-2-34-25(32)11-7-15-28-14-5-6-16-29-22-9-3-4-10-23(22)30(17-8-18-31)26(33)21-13-12-20(27)19-24(21)29;5-3(6)1-2-4(7)8/h3-4,7,9-13,19,28,31H,2,5-6,8,14-18H2,1H3;1-2H,(H,5,6)(H,7,8)/b11-7+;2-1-. The Kier molecular flexibility index (Phi) is 14.8. The van der Waals surface area contributed by atoms with Gasteiger partial charge in [0.25, 0.3) is 5.91 Å². The van der Waals surface area contributed by atoms with Gasteiger partial charge in [0, 0.05) is 49.5 Å². The Hall–Kier alpha value is -4.19.